The zero-order valence-corrected chi connectivity index (χ0v) is 14.4. The van der Waals surface area contributed by atoms with Crippen LogP contribution >= 0.6 is 11.6 Å². The van der Waals surface area contributed by atoms with Crippen molar-refractivity contribution in [3.63, 3.8) is 0 Å². The smallest absolute Gasteiger partial charge is 0.248 e. The van der Waals surface area contributed by atoms with E-state index in [1.54, 1.807) is 24.4 Å². The Morgan fingerprint density at radius 1 is 1.12 bits per heavy atom. The van der Waals surface area contributed by atoms with Gasteiger partial charge < -0.3 is 14.8 Å². The molecule has 0 spiro atoms. The van der Waals surface area contributed by atoms with Gasteiger partial charge in [-0.05, 0) is 18.2 Å². The van der Waals surface area contributed by atoms with Crippen molar-refractivity contribution in [1.29, 1.82) is 0 Å². The first kappa shape index (κ1) is 16.4. The van der Waals surface area contributed by atoms with Crippen molar-refractivity contribution in [2.24, 2.45) is 0 Å². The number of hydrogen-bond donors (Lipinski definition) is 1. The molecule has 2 heterocycles. The number of amides is 1. The number of carbonyl (C=O) groups is 1. The van der Waals surface area contributed by atoms with Gasteiger partial charge in [0.2, 0.25) is 5.91 Å². The second-order valence-corrected chi connectivity index (χ2v) is 5.99. The number of carbonyl (C=O) groups excluding carboxylic acids is 1. The average molecular weight is 368 g/mol. The van der Waals surface area contributed by atoms with Crippen molar-refractivity contribution < 1.29 is 14.3 Å². The number of ether oxygens (including phenoxy) is 2. The normalized spacial score (nSPS) is 13.1. The van der Waals surface area contributed by atoms with Crippen LogP contribution in [0.1, 0.15) is 5.69 Å². The summed E-state index contributed by atoms with van der Waals surface area (Å²) in [4.78, 5) is 20.9. The van der Waals surface area contributed by atoms with Crippen LogP contribution in [0.4, 0.5) is 5.69 Å². The summed E-state index contributed by atoms with van der Waals surface area (Å²) in [5.74, 6) is 0.792. The zero-order chi connectivity index (χ0) is 17.9. The Hall–Kier alpha value is -3.12. The molecule has 0 aliphatic carbocycles. The first-order valence-electron chi connectivity index (χ1n) is 7.99. The summed E-state index contributed by atoms with van der Waals surface area (Å²) in [6.07, 6.45) is 4.59. The first-order chi connectivity index (χ1) is 12.7. The van der Waals surface area contributed by atoms with Gasteiger partial charge in [0.15, 0.2) is 11.5 Å². The summed E-state index contributed by atoms with van der Waals surface area (Å²) in [6, 6.07) is 10.8. The minimum absolute atomic E-state index is 0.335. The Morgan fingerprint density at radius 2 is 1.85 bits per heavy atom. The Labute approximate surface area is 154 Å². The Kier molecular flexibility index (Phi) is 4.41. The number of rotatable bonds is 3. The molecule has 130 valence electrons. The number of fused-ring (bicyclic) bond motifs is 2. The van der Waals surface area contributed by atoms with Crippen LogP contribution in [0.25, 0.3) is 17.1 Å². The van der Waals surface area contributed by atoms with Crippen LogP contribution in [0.5, 0.6) is 11.5 Å². The van der Waals surface area contributed by atoms with E-state index < -0.39 is 0 Å². The molecule has 1 amide bonds. The quantitative estimate of drug-likeness (QED) is 0.714. The van der Waals surface area contributed by atoms with E-state index in [1.807, 2.05) is 24.3 Å². The van der Waals surface area contributed by atoms with Crippen LogP contribution in [0, 0.1) is 0 Å². The number of benzene rings is 2. The molecule has 6 nitrogen and oxygen atoms in total. The fraction of sp³-hybridized carbons (Fsp3) is 0.105. The predicted molar refractivity (Wildman–Crippen MR) is 99.6 cm³/mol. The molecule has 1 N–H and O–H groups in total. The molecule has 0 atom stereocenters. The van der Waals surface area contributed by atoms with Gasteiger partial charge >= 0.3 is 0 Å². The zero-order valence-electron chi connectivity index (χ0n) is 13.6. The molecule has 7 heteroatoms. The van der Waals surface area contributed by atoms with E-state index in [0.29, 0.717) is 41.1 Å². The van der Waals surface area contributed by atoms with Gasteiger partial charge in [0, 0.05) is 18.2 Å². The first-order valence-corrected chi connectivity index (χ1v) is 8.37. The van der Waals surface area contributed by atoms with E-state index in [2.05, 4.69) is 15.3 Å². The molecule has 26 heavy (non-hydrogen) atoms. The lowest BCUT2D eigenvalue weighted by atomic mass is 10.2. The molecule has 0 saturated carbocycles. The molecule has 2 aromatic carbocycles. The highest BCUT2D eigenvalue weighted by atomic mass is 35.5. The van der Waals surface area contributed by atoms with Crippen LogP contribution in [0.15, 0.2) is 48.7 Å². The van der Waals surface area contributed by atoms with Crippen molar-refractivity contribution in [2.75, 3.05) is 18.5 Å². The lowest BCUT2D eigenvalue weighted by Gasteiger charge is -2.19. The van der Waals surface area contributed by atoms with Crippen LogP contribution in [-0.2, 0) is 4.79 Å². The molecular formula is C19H14ClN3O3. The molecule has 1 aliphatic heterocycles. The van der Waals surface area contributed by atoms with Crippen LogP contribution in [0.2, 0.25) is 5.02 Å². The largest absolute Gasteiger partial charge is 0.486 e. The van der Waals surface area contributed by atoms with E-state index in [-0.39, 0.29) is 5.91 Å². The SMILES string of the molecule is O=C(/C=C/c1cnc2ccccc2n1)Nc1cc2c(cc1Cl)OCCO2. The molecule has 4 rings (SSSR count). The van der Waals surface area contributed by atoms with Gasteiger partial charge in [-0.1, -0.05) is 23.7 Å². The summed E-state index contributed by atoms with van der Waals surface area (Å²) < 4.78 is 11.0. The van der Waals surface area contributed by atoms with Crippen LogP contribution in [-0.4, -0.2) is 29.1 Å². The standard InChI is InChI=1S/C19H14ClN3O3/c20-13-9-17-18(26-8-7-25-17)10-16(13)23-19(24)6-5-12-11-21-14-3-1-2-4-15(14)22-12/h1-6,9-11H,7-8H2,(H,23,24)/b6-5+. The third-order valence-electron chi connectivity index (χ3n) is 3.76. The second-order valence-electron chi connectivity index (χ2n) is 5.58. The van der Waals surface area contributed by atoms with E-state index in [0.717, 1.165) is 11.0 Å². The molecule has 1 aliphatic rings. The van der Waals surface area contributed by atoms with Gasteiger partial charge in [-0.3, -0.25) is 9.78 Å². The number of nitrogens with zero attached hydrogens (tertiary/aromatic N) is 2. The monoisotopic (exact) mass is 367 g/mol. The fourth-order valence-corrected chi connectivity index (χ4v) is 2.75. The van der Waals surface area contributed by atoms with Crippen molar-refractivity contribution in [3.8, 4) is 11.5 Å². The van der Waals surface area contributed by atoms with Crippen molar-refractivity contribution in [2.45, 2.75) is 0 Å². The number of halogens is 1. The second kappa shape index (κ2) is 7.01. The maximum Gasteiger partial charge on any atom is 0.248 e. The molecule has 0 bridgehead atoms. The lowest BCUT2D eigenvalue weighted by molar-refractivity contribution is -0.111. The van der Waals surface area contributed by atoms with E-state index in [9.17, 15) is 4.79 Å². The maximum atomic E-state index is 12.2. The average Bonchev–Trinajstić information content (AvgIpc) is 2.67. The third-order valence-corrected chi connectivity index (χ3v) is 4.08. The van der Waals surface area contributed by atoms with Crippen molar-refractivity contribution in [3.05, 3.63) is 59.4 Å². The van der Waals surface area contributed by atoms with Gasteiger partial charge in [-0.2, -0.15) is 0 Å². The molecule has 1 aromatic heterocycles. The number of nitrogens with one attached hydrogen (secondary N) is 1. The highest BCUT2D eigenvalue weighted by Gasteiger charge is 2.15. The van der Waals surface area contributed by atoms with Gasteiger partial charge in [0.1, 0.15) is 13.2 Å². The fourth-order valence-electron chi connectivity index (χ4n) is 2.55. The maximum absolute atomic E-state index is 12.2. The van der Waals surface area contributed by atoms with Gasteiger partial charge in [-0.15, -0.1) is 0 Å². The molecule has 0 unspecified atom stereocenters. The minimum Gasteiger partial charge on any atom is -0.486 e. The summed E-state index contributed by atoms with van der Waals surface area (Å²) in [6.45, 7) is 0.938. The van der Waals surface area contributed by atoms with Crippen molar-refractivity contribution >= 4 is 40.3 Å². The number of aromatic nitrogens is 2. The van der Waals surface area contributed by atoms with Gasteiger partial charge in [-0.25, -0.2) is 4.98 Å². The third kappa shape index (κ3) is 3.45. The molecule has 0 fully saturated rings. The Balaban J connectivity index is 1.50. The van der Waals surface area contributed by atoms with Crippen LogP contribution in [0.3, 0.4) is 0 Å². The Morgan fingerprint density at radius 3 is 2.65 bits per heavy atom. The number of anilines is 1. The summed E-state index contributed by atoms with van der Waals surface area (Å²) in [5, 5.41) is 3.10. The highest BCUT2D eigenvalue weighted by molar-refractivity contribution is 6.34. The topological polar surface area (TPSA) is 73.3 Å². The molecule has 3 aromatic rings. The molecular weight excluding hydrogens is 354 g/mol. The molecule has 0 saturated heterocycles. The van der Waals surface area contributed by atoms with Gasteiger partial charge in [0.05, 0.1) is 33.6 Å². The van der Waals surface area contributed by atoms with Crippen molar-refractivity contribution in [1.82, 2.24) is 9.97 Å². The molecule has 0 radical (unpaired) electrons. The minimum atomic E-state index is -0.335. The van der Waals surface area contributed by atoms with Gasteiger partial charge in [0.25, 0.3) is 0 Å². The number of hydrogen-bond acceptors (Lipinski definition) is 5. The lowest BCUT2D eigenvalue weighted by Crippen LogP contribution is -2.16. The number of para-hydroxylation sites is 2. The Bertz CT molecular complexity index is 1020. The van der Waals surface area contributed by atoms with Crippen LogP contribution < -0.4 is 14.8 Å². The van der Waals surface area contributed by atoms with E-state index in [1.165, 1.54) is 6.08 Å². The van der Waals surface area contributed by atoms with E-state index in [4.69, 9.17) is 21.1 Å². The van der Waals surface area contributed by atoms with E-state index >= 15 is 0 Å². The summed E-state index contributed by atoms with van der Waals surface area (Å²) in [7, 11) is 0. The summed E-state index contributed by atoms with van der Waals surface area (Å²) >= 11 is 6.19. The predicted octanol–water partition coefficient (Wildman–Crippen LogP) is 3.71. The summed E-state index contributed by atoms with van der Waals surface area (Å²) in [5.41, 5.74) is 2.62. The highest BCUT2D eigenvalue weighted by Crippen LogP contribution is 2.37.